The van der Waals surface area contributed by atoms with Gasteiger partial charge in [-0.2, -0.15) is 4.98 Å². The number of anilines is 2. The Morgan fingerprint density at radius 3 is 2.78 bits per heavy atom. The van der Waals surface area contributed by atoms with Crippen LogP contribution in [0.4, 0.5) is 11.8 Å². The summed E-state index contributed by atoms with van der Waals surface area (Å²) in [4.78, 5) is 8.62. The molecule has 0 saturated heterocycles. The molecule has 6 heteroatoms. The monoisotopic (exact) mass is 314 g/mol. The van der Waals surface area contributed by atoms with Gasteiger partial charge in [0, 0.05) is 18.8 Å². The molecule has 0 amide bonds. The molecule has 1 aromatic rings. The summed E-state index contributed by atoms with van der Waals surface area (Å²) in [5.41, 5.74) is 0. The molecule has 1 aliphatic rings. The lowest BCUT2D eigenvalue weighted by molar-refractivity contribution is 0.126. The average molecular weight is 315 g/mol. The molecule has 1 heterocycles. The van der Waals surface area contributed by atoms with E-state index in [1.165, 1.54) is 0 Å². The molecule has 18 heavy (non-hydrogen) atoms. The molecule has 1 aliphatic carbocycles. The Morgan fingerprint density at radius 1 is 1.39 bits per heavy atom. The van der Waals surface area contributed by atoms with Crippen LogP contribution in [0.5, 0.6) is 0 Å². The van der Waals surface area contributed by atoms with Crippen molar-refractivity contribution in [3.63, 3.8) is 0 Å². The molecule has 100 valence electrons. The summed E-state index contributed by atoms with van der Waals surface area (Å²) in [7, 11) is 0. The molecular weight excluding hydrogens is 296 g/mol. The fourth-order valence-corrected chi connectivity index (χ4v) is 2.43. The van der Waals surface area contributed by atoms with Crippen molar-refractivity contribution in [2.45, 2.75) is 44.8 Å². The number of hydrogen-bond donors (Lipinski definition) is 3. The molecule has 0 spiro atoms. The molecule has 1 aromatic heterocycles. The average Bonchev–Trinajstić information content (AvgIpc) is 2.36. The smallest absolute Gasteiger partial charge is 0.224 e. The molecular formula is C12H19BrN4O. The third kappa shape index (κ3) is 3.55. The van der Waals surface area contributed by atoms with Crippen molar-refractivity contribution < 1.29 is 5.11 Å². The summed E-state index contributed by atoms with van der Waals surface area (Å²) in [5.74, 6) is 1.46. The first-order valence-electron chi connectivity index (χ1n) is 6.40. The first-order chi connectivity index (χ1) is 8.69. The van der Waals surface area contributed by atoms with E-state index in [0.29, 0.717) is 12.0 Å². The summed E-state index contributed by atoms with van der Waals surface area (Å²) in [5, 5.41) is 16.0. The SMILES string of the molecule is CCNc1ncc(Br)c(NC2CCC(O)CC2)n1. The first-order valence-corrected chi connectivity index (χ1v) is 7.19. The molecule has 0 unspecified atom stereocenters. The van der Waals surface area contributed by atoms with Crippen molar-refractivity contribution in [3.05, 3.63) is 10.7 Å². The molecule has 0 radical (unpaired) electrons. The topological polar surface area (TPSA) is 70.1 Å². The summed E-state index contributed by atoms with van der Waals surface area (Å²) in [6.45, 7) is 2.82. The molecule has 0 atom stereocenters. The van der Waals surface area contributed by atoms with Gasteiger partial charge in [-0.1, -0.05) is 0 Å². The Kier molecular flexibility index (Phi) is 4.77. The van der Waals surface area contributed by atoms with Crippen LogP contribution in [0, 0.1) is 0 Å². The van der Waals surface area contributed by atoms with E-state index in [2.05, 4.69) is 36.5 Å². The second kappa shape index (κ2) is 6.33. The van der Waals surface area contributed by atoms with E-state index in [1.54, 1.807) is 6.20 Å². The Labute approximate surface area is 116 Å². The number of rotatable bonds is 4. The van der Waals surface area contributed by atoms with Crippen LogP contribution in [-0.2, 0) is 0 Å². The third-order valence-corrected chi connectivity index (χ3v) is 3.70. The standard InChI is InChI=1S/C12H19BrN4O/c1-2-14-12-15-7-10(13)11(17-12)16-8-3-5-9(18)6-4-8/h7-9,18H,2-6H2,1H3,(H2,14,15,16,17). The number of aliphatic hydroxyl groups is 1. The fraction of sp³-hybridized carbons (Fsp3) is 0.667. The Bertz CT molecular complexity index is 394. The van der Waals surface area contributed by atoms with Gasteiger partial charge in [0.05, 0.1) is 10.6 Å². The van der Waals surface area contributed by atoms with Gasteiger partial charge in [-0.15, -0.1) is 0 Å². The maximum Gasteiger partial charge on any atom is 0.224 e. The highest BCUT2D eigenvalue weighted by molar-refractivity contribution is 9.10. The van der Waals surface area contributed by atoms with Crippen LogP contribution >= 0.6 is 15.9 Å². The minimum absolute atomic E-state index is 0.130. The van der Waals surface area contributed by atoms with E-state index < -0.39 is 0 Å². The van der Waals surface area contributed by atoms with Crippen molar-refractivity contribution in [2.75, 3.05) is 17.2 Å². The predicted molar refractivity (Wildman–Crippen MR) is 75.8 cm³/mol. The van der Waals surface area contributed by atoms with Gasteiger partial charge in [-0.05, 0) is 48.5 Å². The number of hydrogen-bond acceptors (Lipinski definition) is 5. The van der Waals surface area contributed by atoms with E-state index in [9.17, 15) is 5.11 Å². The number of nitrogens with one attached hydrogen (secondary N) is 2. The minimum Gasteiger partial charge on any atom is -0.393 e. The van der Waals surface area contributed by atoms with Gasteiger partial charge in [0.15, 0.2) is 0 Å². The van der Waals surface area contributed by atoms with Crippen LogP contribution in [0.3, 0.4) is 0 Å². The van der Waals surface area contributed by atoms with E-state index >= 15 is 0 Å². The predicted octanol–water partition coefficient (Wildman–Crippen LogP) is 2.39. The van der Waals surface area contributed by atoms with Gasteiger partial charge in [0.2, 0.25) is 5.95 Å². The van der Waals surface area contributed by atoms with Crippen molar-refractivity contribution >= 4 is 27.7 Å². The number of halogens is 1. The molecule has 0 bridgehead atoms. The van der Waals surface area contributed by atoms with Crippen molar-refractivity contribution in [1.82, 2.24) is 9.97 Å². The van der Waals surface area contributed by atoms with Crippen LogP contribution in [0.2, 0.25) is 0 Å². The fourth-order valence-electron chi connectivity index (χ4n) is 2.13. The molecule has 2 rings (SSSR count). The van der Waals surface area contributed by atoms with Crippen molar-refractivity contribution in [2.24, 2.45) is 0 Å². The lowest BCUT2D eigenvalue weighted by atomic mass is 9.93. The molecule has 1 saturated carbocycles. The normalized spacial score (nSPS) is 23.7. The largest absolute Gasteiger partial charge is 0.393 e. The zero-order valence-corrected chi connectivity index (χ0v) is 12.1. The first kappa shape index (κ1) is 13.5. The van der Waals surface area contributed by atoms with Crippen molar-refractivity contribution in [3.8, 4) is 0 Å². The van der Waals surface area contributed by atoms with Crippen LogP contribution in [0.25, 0.3) is 0 Å². The van der Waals surface area contributed by atoms with Gasteiger partial charge in [-0.25, -0.2) is 4.98 Å². The molecule has 0 aromatic carbocycles. The van der Waals surface area contributed by atoms with E-state index in [-0.39, 0.29) is 6.10 Å². The van der Waals surface area contributed by atoms with Crippen LogP contribution < -0.4 is 10.6 Å². The molecule has 0 aliphatic heterocycles. The van der Waals surface area contributed by atoms with E-state index in [1.807, 2.05) is 6.92 Å². The number of aliphatic hydroxyl groups excluding tert-OH is 1. The highest BCUT2D eigenvalue weighted by Crippen LogP contribution is 2.25. The maximum atomic E-state index is 9.49. The zero-order valence-electron chi connectivity index (χ0n) is 10.5. The third-order valence-electron chi connectivity index (χ3n) is 3.12. The van der Waals surface area contributed by atoms with Crippen LogP contribution in [0.1, 0.15) is 32.6 Å². The minimum atomic E-state index is -0.130. The molecule has 5 nitrogen and oxygen atoms in total. The zero-order chi connectivity index (χ0) is 13.0. The lowest BCUT2D eigenvalue weighted by Crippen LogP contribution is -2.28. The molecule has 3 N–H and O–H groups in total. The number of aromatic nitrogens is 2. The van der Waals surface area contributed by atoms with E-state index in [0.717, 1.165) is 42.5 Å². The van der Waals surface area contributed by atoms with Gasteiger partial charge >= 0.3 is 0 Å². The Morgan fingerprint density at radius 2 is 2.11 bits per heavy atom. The van der Waals surface area contributed by atoms with Gasteiger partial charge in [0.25, 0.3) is 0 Å². The van der Waals surface area contributed by atoms with Crippen LogP contribution in [0.15, 0.2) is 10.7 Å². The Balaban J connectivity index is 2.01. The van der Waals surface area contributed by atoms with Crippen LogP contribution in [-0.4, -0.2) is 33.8 Å². The summed E-state index contributed by atoms with van der Waals surface area (Å²) < 4.78 is 0.871. The molecule has 1 fully saturated rings. The lowest BCUT2D eigenvalue weighted by Gasteiger charge is -2.26. The highest BCUT2D eigenvalue weighted by atomic mass is 79.9. The van der Waals surface area contributed by atoms with E-state index in [4.69, 9.17) is 0 Å². The second-order valence-corrected chi connectivity index (χ2v) is 5.42. The number of nitrogens with zero attached hydrogens (tertiary/aromatic N) is 2. The second-order valence-electron chi connectivity index (χ2n) is 4.57. The quantitative estimate of drug-likeness (QED) is 0.796. The summed E-state index contributed by atoms with van der Waals surface area (Å²) in [6.07, 6.45) is 5.31. The summed E-state index contributed by atoms with van der Waals surface area (Å²) >= 11 is 3.46. The van der Waals surface area contributed by atoms with Crippen molar-refractivity contribution in [1.29, 1.82) is 0 Å². The maximum absolute atomic E-state index is 9.49. The summed E-state index contributed by atoms with van der Waals surface area (Å²) in [6, 6.07) is 0.383. The highest BCUT2D eigenvalue weighted by Gasteiger charge is 2.20. The van der Waals surface area contributed by atoms with Gasteiger partial charge in [0.1, 0.15) is 5.82 Å². The Hall–Kier alpha value is -0.880. The van der Waals surface area contributed by atoms with Gasteiger partial charge < -0.3 is 15.7 Å². The van der Waals surface area contributed by atoms with Gasteiger partial charge in [-0.3, -0.25) is 0 Å².